The molecule has 69 heavy (non-hydrogen) atoms. The molecule has 2 saturated heterocycles. The van der Waals surface area contributed by atoms with Gasteiger partial charge in [-0.15, -0.1) is 0 Å². The molecule has 2 aliphatic heterocycles. The number of β-amino-alcohol motifs (C(OH)–C–C–N with tert-alkyl or cyclic N) is 2. The number of nitrogens with two attached hydrogens (primary N) is 2. The van der Waals surface area contributed by atoms with Crippen molar-refractivity contribution >= 4 is 117 Å². The molecule has 1 atom stereocenters. The van der Waals surface area contributed by atoms with E-state index in [9.17, 15) is 9.59 Å². The number of ketones is 2. The first kappa shape index (κ1) is 56.7. The van der Waals surface area contributed by atoms with Crippen molar-refractivity contribution in [2.45, 2.75) is 6.92 Å². The summed E-state index contributed by atoms with van der Waals surface area (Å²) in [6.07, 6.45) is 0. The zero-order valence-electron chi connectivity index (χ0n) is 39.3. The van der Waals surface area contributed by atoms with Crippen LogP contribution < -0.4 is 41.4 Å². The van der Waals surface area contributed by atoms with E-state index in [1.165, 1.54) is 28.8 Å². The lowest BCUT2D eigenvalue weighted by Gasteiger charge is -2.35. The number of thiocarbonyl (C=S) groups is 1. The predicted octanol–water partition coefficient (Wildman–Crippen LogP) is 6.72. The van der Waals surface area contributed by atoms with Gasteiger partial charge in [0.25, 0.3) is 0 Å². The summed E-state index contributed by atoms with van der Waals surface area (Å²) >= 11 is 11.0. The number of hydrogen-bond donors (Lipinski definition) is 6. The zero-order valence-corrected chi connectivity index (χ0v) is 44.8. The third-order valence-corrected chi connectivity index (χ3v) is 13.1. The molecule has 4 aromatic carbocycles. The first-order valence-electron chi connectivity index (χ1n) is 22.1. The molecule has 0 bridgehead atoms. The monoisotopic (exact) mass is 1080 g/mol. The molecule has 0 spiro atoms. The summed E-state index contributed by atoms with van der Waals surface area (Å²) in [6, 6.07) is 30.4. The molecule has 21 heteroatoms. The van der Waals surface area contributed by atoms with Crippen molar-refractivity contribution in [2.24, 2.45) is 10.7 Å². The lowest BCUT2D eigenvalue weighted by Crippen LogP contribution is -2.47. The summed E-state index contributed by atoms with van der Waals surface area (Å²) in [5, 5.41) is 26.2. The van der Waals surface area contributed by atoms with Crippen molar-refractivity contribution in [1.82, 2.24) is 14.8 Å². The Morgan fingerprint density at radius 3 is 1.77 bits per heavy atom. The number of carbonyl (C=O) groups excluding carboxylic acids is 2. The molecule has 5 aromatic rings. The molecule has 7 rings (SSSR count). The Morgan fingerprint density at radius 2 is 1.29 bits per heavy atom. The third-order valence-electron chi connectivity index (χ3n) is 10.8. The van der Waals surface area contributed by atoms with Gasteiger partial charge in [0.15, 0.2) is 21.2 Å². The Morgan fingerprint density at radius 1 is 0.797 bits per heavy atom. The number of thiazole rings is 1. The van der Waals surface area contributed by atoms with Crippen LogP contribution in [0.15, 0.2) is 102 Å². The third kappa shape index (κ3) is 18.1. The summed E-state index contributed by atoms with van der Waals surface area (Å²) in [5.74, 6) is 2.30. The van der Waals surface area contributed by atoms with E-state index >= 15 is 0 Å². The largest absolute Gasteiger partial charge is 0.497 e. The van der Waals surface area contributed by atoms with Gasteiger partial charge in [0.2, 0.25) is 5.78 Å². The molecule has 0 saturated carbocycles. The number of hydrogen-bond acceptors (Lipinski definition) is 16. The number of halogens is 1. The Kier molecular flexibility index (Phi) is 24.6. The lowest BCUT2D eigenvalue weighted by molar-refractivity contribution is 0.102. The van der Waals surface area contributed by atoms with Gasteiger partial charge in [0.05, 0.1) is 32.8 Å². The Hall–Kier alpha value is -4.89. The van der Waals surface area contributed by atoms with Crippen molar-refractivity contribution in [3.63, 3.8) is 0 Å². The minimum Gasteiger partial charge on any atom is -0.497 e. The van der Waals surface area contributed by atoms with Crippen molar-refractivity contribution < 1.29 is 29.3 Å². The van der Waals surface area contributed by atoms with Crippen molar-refractivity contribution in [1.29, 1.82) is 0 Å². The maximum atomic E-state index is 12.9. The van der Waals surface area contributed by atoms with Gasteiger partial charge in [-0.3, -0.25) is 19.4 Å². The highest BCUT2D eigenvalue weighted by Gasteiger charge is 2.20. The summed E-state index contributed by atoms with van der Waals surface area (Å²) in [5.41, 5.74) is 17.1. The molecular formula is C48H64BrN10O6PS3. The SMILES string of the molecule is CCSC(N)=NC(=S)Nc1ccc(N2CCN(CCO)CC2)cc1.COc1cccc(C(=O)CBr)c1.COc1cccc(C(=O)c2sc(Nc3ccc(N4CCN(CCO)CC4)cc3)nc2N)c1.P. The molecule has 2 fully saturated rings. The first-order valence-corrected chi connectivity index (χ1v) is 25.4. The molecule has 2 aliphatic rings. The van der Waals surface area contributed by atoms with E-state index in [1.54, 1.807) is 56.7 Å². The zero-order chi connectivity index (χ0) is 48.8. The van der Waals surface area contributed by atoms with Crippen LogP contribution in [0.1, 0.15) is 32.5 Å². The van der Waals surface area contributed by atoms with E-state index in [-0.39, 0.29) is 40.5 Å². The van der Waals surface area contributed by atoms with E-state index in [4.69, 9.17) is 43.4 Å². The molecule has 16 nitrogen and oxygen atoms in total. The van der Waals surface area contributed by atoms with Gasteiger partial charge in [-0.25, -0.2) is 4.98 Å². The number of aliphatic hydroxyl groups excluding tert-OH is 2. The normalized spacial score (nSPS) is 14.0. The van der Waals surface area contributed by atoms with Gasteiger partial charge < -0.3 is 51.6 Å². The number of aliphatic hydroxyl groups is 2. The second-order valence-electron chi connectivity index (χ2n) is 15.2. The van der Waals surface area contributed by atoms with Crippen molar-refractivity contribution in [3.05, 3.63) is 113 Å². The minimum atomic E-state index is -0.178. The van der Waals surface area contributed by atoms with Gasteiger partial charge in [-0.1, -0.05) is 70.2 Å². The second-order valence-corrected chi connectivity index (χ2v) is 18.5. The van der Waals surface area contributed by atoms with Crippen LogP contribution in [0.3, 0.4) is 0 Å². The van der Waals surface area contributed by atoms with E-state index < -0.39 is 0 Å². The van der Waals surface area contributed by atoms with E-state index in [2.05, 4.69) is 80.4 Å². The number of aromatic nitrogens is 1. The molecular weight excluding hydrogens is 1020 g/mol. The number of amidine groups is 1. The number of nitrogens with zero attached hydrogens (tertiary/aromatic N) is 6. The van der Waals surface area contributed by atoms with E-state index in [1.807, 2.05) is 37.3 Å². The smallest absolute Gasteiger partial charge is 0.206 e. The second kappa shape index (κ2) is 30.0. The molecule has 3 heterocycles. The molecule has 1 unspecified atom stereocenters. The Bertz CT molecular complexity index is 2400. The van der Waals surface area contributed by atoms with Crippen LogP contribution in [0.4, 0.5) is 33.7 Å². The highest BCUT2D eigenvalue weighted by Crippen LogP contribution is 2.31. The first-order chi connectivity index (χ1) is 33.0. The van der Waals surface area contributed by atoms with Gasteiger partial charge in [0, 0.05) is 99.3 Å². The Labute approximate surface area is 430 Å². The highest BCUT2D eigenvalue weighted by atomic mass is 79.9. The van der Waals surface area contributed by atoms with Crippen LogP contribution >= 0.6 is 61.1 Å². The number of Topliss-reactive ketones (excluding diaryl/α,β-unsaturated/α-hetero) is 1. The number of aliphatic imine (C=N–C) groups is 1. The molecule has 0 radical (unpaired) electrons. The van der Waals surface area contributed by atoms with Crippen LogP contribution in [0.5, 0.6) is 11.5 Å². The maximum absolute atomic E-state index is 12.9. The van der Waals surface area contributed by atoms with E-state index in [0.29, 0.717) is 48.2 Å². The lowest BCUT2D eigenvalue weighted by atomic mass is 10.1. The van der Waals surface area contributed by atoms with Crippen LogP contribution in [-0.2, 0) is 0 Å². The number of piperazine rings is 2. The number of rotatable bonds is 16. The molecule has 0 amide bonds. The predicted molar refractivity (Wildman–Crippen MR) is 299 cm³/mol. The summed E-state index contributed by atoms with van der Waals surface area (Å²) in [4.78, 5) is 42.2. The number of ether oxygens (including phenoxy) is 2. The quantitative estimate of drug-likeness (QED) is 0.0151. The van der Waals surface area contributed by atoms with Crippen molar-refractivity contribution in [3.8, 4) is 11.5 Å². The van der Waals surface area contributed by atoms with Gasteiger partial charge in [-0.2, -0.15) is 14.9 Å². The molecule has 0 aliphatic carbocycles. The fraction of sp³-hybridized carbons (Fsp3) is 0.354. The fourth-order valence-corrected chi connectivity index (χ4v) is 9.04. The fourth-order valence-electron chi connectivity index (χ4n) is 7.13. The topological polar surface area (TPSA) is 207 Å². The number of methoxy groups -OCH3 is 2. The number of thioether (sulfide) groups is 1. The summed E-state index contributed by atoms with van der Waals surface area (Å²) in [6.45, 7) is 11.6. The van der Waals surface area contributed by atoms with Crippen LogP contribution in [0.25, 0.3) is 0 Å². The Balaban J connectivity index is 0.000000247. The minimum absolute atomic E-state index is 0. The molecule has 8 N–H and O–H groups in total. The number of nitrogens with one attached hydrogen (secondary N) is 2. The van der Waals surface area contributed by atoms with Crippen LogP contribution in [-0.4, -0.2) is 151 Å². The van der Waals surface area contributed by atoms with E-state index in [0.717, 1.165) is 88.3 Å². The average molecular weight is 1080 g/mol. The standard InChI is InChI=1S/C23H27N5O3S.C16H25N5OS2.C9H9BrO2.H3P/c1-31-19-4-2-3-16(15-19)20(30)21-22(24)26-23(32-21)25-17-5-7-18(8-6-17)28-11-9-27(10-12-28)13-14-29;1-2-24-15(17)19-16(23)18-13-3-5-14(6-4-13)21-9-7-20(8-10-21)11-12-22;1-12-8-4-2-3-7(5-8)9(11)6-10;/h2-8,15,29H,9-14,24H2,1H3,(H,25,26);3-6,22H,2,7-12H2,1H3,(H3,17,18,19,23);2-5H,6H2,1H3;1H3. The van der Waals surface area contributed by atoms with Gasteiger partial charge >= 0.3 is 0 Å². The summed E-state index contributed by atoms with van der Waals surface area (Å²) < 4.78 is 10.2. The van der Waals surface area contributed by atoms with Crippen molar-refractivity contribution in [2.75, 3.05) is 130 Å². The number of benzene rings is 4. The maximum Gasteiger partial charge on any atom is 0.206 e. The van der Waals surface area contributed by atoms with Gasteiger partial charge in [0.1, 0.15) is 22.2 Å². The molecule has 372 valence electrons. The average Bonchev–Trinajstić information content (AvgIpc) is 3.74. The number of nitrogen functional groups attached to an aromatic ring is 1. The van der Waals surface area contributed by atoms with Crippen LogP contribution in [0, 0.1) is 0 Å². The molecule has 1 aromatic heterocycles. The summed E-state index contributed by atoms with van der Waals surface area (Å²) in [7, 11) is 3.15. The van der Waals surface area contributed by atoms with Crippen LogP contribution in [0.2, 0.25) is 0 Å². The number of anilines is 6. The highest BCUT2D eigenvalue weighted by molar-refractivity contribution is 9.09. The van der Waals surface area contributed by atoms with Gasteiger partial charge in [-0.05, 0) is 90.8 Å². The number of alkyl halides is 1. The number of carbonyl (C=O) groups is 2.